The molecule has 2 nitrogen and oxygen atoms in total. The lowest BCUT2D eigenvalue weighted by Crippen LogP contribution is -2.51. The normalized spacial score (nSPS) is 24.6. The van der Waals surface area contributed by atoms with Gasteiger partial charge in [-0.3, -0.25) is 4.90 Å². The van der Waals surface area contributed by atoms with Gasteiger partial charge in [0.25, 0.3) is 0 Å². The molecule has 1 heterocycles. The van der Waals surface area contributed by atoms with Gasteiger partial charge in [0.2, 0.25) is 0 Å². The average molecular weight is 226 g/mol. The van der Waals surface area contributed by atoms with Crippen LogP contribution in [0.1, 0.15) is 59.3 Å². The van der Waals surface area contributed by atoms with Crippen LogP contribution in [0.3, 0.4) is 0 Å². The Morgan fingerprint density at radius 2 is 2.06 bits per heavy atom. The maximum Gasteiger partial charge on any atom is 0.0246 e. The Morgan fingerprint density at radius 3 is 2.75 bits per heavy atom. The zero-order valence-corrected chi connectivity index (χ0v) is 11.5. The Labute approximate surface area is 102 Å². The predicted molar refractivity (Wildman–Crippen MR) is 71.9 cm³/mol. The third-order valence-electron chi connectivity index (χ3n) is 3.76. The summed E-state index contributed by atoms with van der Waals surface area (Å²) in [4.78, 5) is 2.72. The molecule has 0 radical (unpaired) electrons. The molecular formula is C14H30N2. The molecule has 1 aliphatic heterocycles. The molecule has 0 aromatic heterocycles. The topological polar surface area (TPSA) is 15.3 Å². The van der Waals surface area contributed by atoms with Crippen molar-refractivity contribution in [3.05, 3.63) is 0 Å². The van der Waals surface area contributed by atoms with Crippen molar-refractivity contribution >= 4 is 0 Å². The second-order valence-corrected chi connectivity index (χ2v) is 5.20. The summed E-state index contributed by atoms with van der Waals surface area (Å²) in [6, 6.07) is 1.45. The Kier molecular flexibility index (Phi) is 7.06. The molecule has 1 saturated heterocycles. The first-order valence-electron chi connectivity index (χ1n) is 7.27. The summed E-state index contributed by atoms with van der Waals surface area (Å²) < 4.78 is 0. The average Bonchev–Trinajstić information content (AvgIpc) is 2.33. The lowest BCUT2D eigenvalue weighted by atomic mass is 9.96. The van der Waals surface area contributed by atoms with Gasteiger partial charge < -0.3 is 5.32 Å². The predicted octanol–water partition coefficient (Wildman–Crippen LogP) is 3.03. The van der Waals surface area contributed by atoms with Crippen molar-refractivity contribution in [2.24, 2.45) is 0 Å². The van der Waals surface area contributed by atoms with Gasteiger partial charge in [-0.15, -0.1) is 0 Å². The van der Waals surface area contributed by atoms with Gasteiger partial charge >= 0.3 is 0 Å². The smallest absolute Gasteiger partial charge is 0.0246 e. The van der Waals surface area contributed by atoms with Crippen LogP contribution >= 0.6 is 0 Å². The lowest BCUT2D eigenvalue weighted by molar-refractivity contribution is 0.117. The molecule has 0 aromatic rings. The summed E-state index contributed by atoms with van der Waals surface area (Å²) in [5.74, 6) is 0. The van der Waals surface area contributed by atoms with Gasteiger partial charge in [-0.25, -0.2) is 0 Å². The third-order valence-corrected chi connectivity index (χ3v) is 3.76. The highest BCUT2D eigenvalue weighted by atomic mass is 15.2. The van der Waals surface area contributed by atoms with Gasteiger partial charge in [-0.05, 0) is 52.2 Å². The van der Waals surface area contributed by atoms with Crippen LogP contribution in [-0.4, -0.2) is 36.6 Å². The number of nitrogens with zero attached hydrogens (tertiary/aromatic N) is 1. The first-order chi connectivity index (χ1) is 7.79. The number of hydrogen-bond acceptors (Lipinski definition) is 2. The van der Waals surface area contributed by atoms with Crippen molar-refractivity contribution < 1.29 is 0 Å². The zero-order chi connectivity index (χ0) is 11.8. The molecule has 1 aliphatic rings. The van der Waals surface area contributed by atoms with Crippen LogP contribution in [0.4, 0.5) is 0 Å². The van der Waals surface area contributed by atoms with Crippen molar-refractivity contribution in [3.8, 4) is 0 Å². The summed E-state index contributed by atoms with van der Waals surface area (Å²) in [6.45, 7) is 10.7. The van der Waals surface area contributed by atoms with Gasteiger partial charge in [0, 0.05) is 12.1 Å². The van der Waals surface area contributed by atoms with E-state index in [-0.39, 0.29) is 0 Å². The Bertz CT molecular complexity index is 170. The molecule has 1 fully saturated rings. The minimum Gasteiger partial charge on any atom is -0.313 e. The first-order valence-corrected chi connectivity index (χ1v) is 7.27. The molecule has 0 saturated carbocycles. The summed E-state index contributed by atoms with van der Waals surface area (Å²) in [5.41, 5.74) is 0. The van der Waals surface area contributed by atoms with Gasteiger partial charge in [-0.1, -0.05) is 26.7 Å². The van der Waals surface area contributed by atoms with E-state index in [9.17, 15) is 0 Å². The number of piperidine rings is 1. The van der Waals surface area contributed by atoms with Gasteiger partial charge in [0.15, 0.2) is 0 Å². The van der Waals surface area contributed by atoms with Crippen LogP contribution in [0.15, 0.2) is 0 Å². The van der Waals surface area contributed by atoms with Crippen LogP contribution in [0.5, 0.6) is 0 Å². The number of hydrogen-bond donors (Lipinski definition) is 1. The van der Waals surface area contributed by atoms with Crippen LogP contribution in [0.25, 0.3) is 0 Å². The summed E-state index contributed by atoms with van der Waals surface area (Å²) >= 11 is 0. The van der Waals surface area contributed by atoms with E-state index >= 15 is 0 Å². The Balaban J connectivity index is 2.38. The first kappa shape index (κ1) is 14.0. The van der Waals surface area contributed by atoms with Gasteiger partial charge in [0.05, 0.1) is 0 Å². The molecule has 0 spiro atoms. The van der Waals surface area contributed by atoms with Crippen molar-refractivity contribution in [1.82, 2.24) is 10.2 Å². The zero-order valence-electron chi connectivity index (χ0n) is 11.5. The molecule has 2 atom stereocenters. The number of nitrogens with one attached hydrogen (secondary N) is 1. The molecule has 1 N–H and O–H groups in total. The van der Waals surface area contributed by atoms with E-state index in [4.69, 9.17) is 0 Å². The van der Waals surface area contributed by atoms with Crippen molar-refractivity contribution in [1.29, 1.82) is 0 Å². The number of unbranched alkanes of at least 4 members (excludes halogenated alkanes) is 1. The molecule has 96 valence electrons. The second-order valence-electron chi connectivity index (χ2n) is 5.20. The molecule has 16 heavy (non-hydrogen) atoms. The van der Waals surface area contributed by atoms with Crippen LogP contribution < -0.4 is 5.32 Å². The van der Waals surface area contributed by atoms with Crippen LogP contribution in [-0.2, 0) is 0 Å². The van der Waals surface area contributed by atoms with E-state index in [1.54, 1.807) is 0 Å². The fourth-order valence-electron chi connectivity index (χ4n) is 2.73. The van der Waals surface area contributed by atoms with Crippen LogP contribution in [0, 0.1) is 0 Å². The Hall–Kier alpha value is -0.0800. The van der Waals surface area contributed by atoms with Crippen LogP contribution in [0.2, 0.25) is 0 Å². The molecule has 0 aromatic carbocycles. The van der Waals surface area contributed by atoms with E-state index in [0.717, 1.165) is 6.04 Å². The van der Waals surface area contributed by atoms with E-state index in [1.807, 2.05) is 0 Å². The molecule has 0 amide bonds. The minimum absolute atomic E-state index is 0.664. The lowest BCUT2D eigenvalue weighted by Gasteiger charge is -2.39. The standard InChI is InChI=1S/C14H30N2/c1-4-6-11-16-12-8-7-9-14(16)13(3)15-10-5-2/h13-15H,4-12H2,1-3H3. The maximum absolute atomic E-state index is 3.67. The summed E-state index contributed by atoms with van der Waals surface area (Å²) in [7, 11) is 0. The quantitative estimate of drug-likeness (QED) is 0.718. The molecule has 2 heteroatoms. The molecule has 2 unspecified atom stereocenters. The van der Waals surface area contributed by atoms with Crippen molar-refractivity contribution in [3.63, 3.8) is 0 Å². The largest absolute Gasteiger partial charge is 0.313 e. The molecule has 1 rings (SSSR count). The Morgan fingerprint density at radius 1 is 1.25 bits per heavy atom. The maximum atomic E-state index is 3.67. The van der Waals surface area contributed by atoms with Gasteiger partial charge in [-0.2, -0.15) is 0 Å². The van der Waals surface area contributed by atoms with Crippen molar-refractivity contribution in [2.75, 3.05) is 19.6 Å². The van der Waals surface area contributed by atoms with Gasteiger partial charge in [0.1, 0.15) is 0 Å². The molecular weight excluding hydrogens is 196 g/mol. The second kappa shape index (κ2) is 8.08. The summed E-state index contributed by atoms with van der Waals surface area (Å²) in [6.07, 6.45) is 8.14. The highest BCUT2D eigenvalue weighted by molar-refractivity contribution is 4.84. The van der Waals surface area contributed by atoms with Crippen molar-refractivity contribution in [2.45, 2.75) is 71.4 Å². The fraction of sp³-hybridized carbons (Fsp3) is 1.00. The molecule has 0 aliphatic carbocycles. The monoisotopic (exact) mass is 226 g/mol. The number of likely N-dealkylation sites (tertiary alicyclic amines) is 1. The number of rotatable bonds is 7. The van der Waals surface area contributed by atoms with E-state index in [2.05, 4.69) is 31.0 Å². The SMILES string of the molecule is CCCCN1CCCCC1C(C)NCCC. The fourth-order valence-corrected chi connectivity index (χ4v) is 2.73. The minimum atomic E-state index is 0.664. The highest BCUT2D eigenvalue weighted by Gasteiger charge is 2.26. The molecule has 0 bridgehead atoms. The van der Waals surface area contributed by atoms with E-state index in [0.29, 0.717) is 6.04 Å². The highest BCUT2D eigenvalue weighted by Crippen LogP contribution is 2.20. The van der Waals surface area contributed by atoms with E-state index in [1.165, 1.54) is 58.2 Å². The van der Waals surface area contributed by atoms with E-state index < -0.39 is 0 Å². The third kappa shape index (κ3) is 4.42. The summed E-state index contributed by atoms with van der Waals surface area (Å²) in [5, 5.41) is 3.67.